The highest BCUT2D eigenvalue weighted by atomic mass is 32.2. The average molecular weight is 310 g/mol. The molecular formula is C15H23N2OPS. The number of hydrogen-bond donors (Lipinski definition) is 2. The van der Waals surface area contributed by atoms with Crippen LogP contribution in [0.15, 0.2) is 47.9 Å². The maximum Gasteiger partial charge on any atom is 0.200 e. The van der Waals surface area contributed by atoms with Gasteiger partial charge in [0.2, 0.25) is 5.78 Å². The summed E-state index contributed by atoms with van der Waals surface area (Å²) in [6.45, 7) is 6.24. The molecule has 0 bridgehead atoms. The van der Waals surface area contributed by atoms with E-state index in [-0.39, 0.29) is 5.78 Å². The normalized spacial score (nSPS) is 23.4. The van der Waals surface area contributed by atoms with E-state index < -0.39 is 0 Å². The van der Waals surface area contributed by atoms with Crippen molar-refractivity contribution in [1.82, 2.24) is 10.0 Å². The van der Waals surface area contributed by atoms with Crippen LogP contribution in [-0.2, 0) is 4.79 Å². The zero-order valence-electron chi connectivity index (χ0n) is 11.9. The van der Waals surface area contributed by atoms with E-state index in [4.69, 9.17) is 0 Å². The molecule has 0 spiro atoms. The summed E-state index contributed by atoms with van der Waals surface area (Å²) in [5.74, 6) is 1.02. The van der Waals surface area contributed by atoms with Crippen LogP contribution in [0.5, 0.6) is 0 Å². The van der Waals surface area contributed by atoms with Gasteiger partial charge in [-0.15, -0.1) is 9.24 Å². The van der Waals surface area contributed by atoms with Crippen LogP contribution in [0.1, 0.15) is 19.8 Å². The van der Waals surface area contributed by atoms with Crippen molar-refractivity contribution < 1.29 is 4.79 Å². The minimum atomic E-state index is -0.0596. The van der Waals surface area contributed by atoms with E-state index in [9.17, 15) is 4.79 Å². The maximum absolute atomic E-state index is 11.6. The number of rotatable bonds is 7. The molecule has 0 aliphatic carbocycles. The molecule has 0 amide bonds. The van der Waals surface area contributed by atoms with Gasteiger partial charge in [-0.2, -0.15) is 0 Å². The lowest BCUT2D eigenvalue weighted by Crippen LogP contribution is -2.20. The van der Waals surface area contributed by atoms with Gasteiger partial charge in [-0.3, -0.25) is 4.79 Å². The van der Waals surface area contributed by atoms with Gasteiger partial charge in [0.15, 0.2) is 0 Å². The Hall–Kier alpha value is -0.990. The molecule has 2 N–H and O–H groups in total. The first-order valence-corrected chi connectivity index (χ1v) is 8.55. The molecule has 1 unspecified atom stereocenters. The molecule has 0 aromatic carbocycles. The Morgan fingerprint density at radius 3 is 3.05 bits per heavy atom. The molecule has 20 heavy (non-hydrogen) atoms. The van der Waals surface area contributed by atoms with Crippen LogP contribution in [0.25, 0.3) is 0 Å². The van der Waals surface area contributed by atoms with Crippen molar-refractivity contribution in [3.8, 4) is 0 Å². The topological polar surface area (TPSA) is 41.1 Å². The fourth-order valence-electron chi connectivity index (χ4n) is 1.66. The summed E-state index contributed by atoms with van der Waals surface area (Å²) < 4.78 is 3.39. The fraction of sp³-hybridized carbons (Fsp3) is 0.400. The first-order chi connectivity index (χ1) is 9.69. The molecule has 1 heterocycles. The average Bonchev–Trinajstić information content (AvgIpc) is 2.54. The van der Waals surface area contributed by atoms with Gasteiger partial charge in [0.25, 0.3) is 0 Å². The lowest BCUT2D eigenvalue weighted by Gasteiger charge is -2.11. The van der Waals surface area contributed by atoms with Crippen LogP contribution in [-0.4, -0.2) is 24.2 Å². The third-order valence-electron chi connectivity index (χ3n) is 2.85. The minimum absolute atomic E-state index is 0.0596. The van der Waals surface area contributed by atoms with Crippen LogP contribution in [0.3, 0.4) is 0 Å². The van der Waals surface area contributed by atoms with Crippen molar-refractivity contribution in [2.24, 2.45) is 0 Å². The monoisotopic (exact) mass is 310 g/mol. The third kappa shape index (κ3) is 5.98. The summed E-state index contributed by atoms with van der Waals surface area (Å²) >= 11 is 1.72. The zero-order valence-corrected chi connectivity index (χ0v) is 13.9. The van der Waals surface area contributed by atoms with Gasteiger partial charge in [0, 0.05) is 18.0 Å². The molecule has 110 valence electrons. The number of nitrogens with one attached hydrogen (secondary N) is 2. The summed E-state index contributed by atoms with van der Waals surface area (Å²) in [6.07, 6.45) is 10.5. The SMILES string of the molecule is C=CC(=O)/C1=C/C/C=C(C)\C(NSCCCP)=C/CN1. The lowest BCUT2D eigenvalue weighted by atomic mass is 10.1. The van der Waals surface area contributed by atoms with Crippen LogP contribution < -0.4 is 10.0 Å². The van der Waals surface area contributed by atoms with Gasteiger partial charge in [0.05, 0.1) is 5.70 Å². The van der Waals surface area contributed by atoms with E-state index in [0.29, 0.717) is 12.2 Å². The highest BCUT2D eigenvalue weighted by molar-refractivity contribution is 7.97. The first kappa shape index (κ1) is 17.1. The highest BCUT2D eigenvalue weighted by Gasteiger charge is 2.06. The van der Waals surface area contributed by atoms with Gasteiger partial charge in [0.1, 0.15) is 0 Å². The Morgan fingerprint density at radius 1 is 1.55 bits per heavy atom. The van der Waals surface area contributed by atoms with Crippen LogP contribution in [0, 0.1) is 0 Å². The minimum Gasteiger partial charge on any atom is -0.379 e. The largest absolute Gasteiger partial charge is 0.379 e. The van der Waals surface area contributed by atoms with Gasteiger partial charge in [-0.25, -0.2) is 0 Å². The molecule has 3 nitrogen and oxygen atoms in total. The Bertz CT molecular complexity index is 441. The second-order valence-electron chi connectivity index (χ2n) is 4.40. The molecule has 0 saturated heterocycles. The number of carbonyl (C=O) groups excluding carboxylic acids is 1. The van der Waals surface area contributed by atoms with E-state index >= 15 is 0 Å². The molecule has 5 heteroatoms. The molecular weight excluding hydrogens is 287 g/mol. The van der Waals surface area contributed by atoms with Crippen molar-refractivity contribution in [3.05, 3.63) is 47.9 Å². The number of carbonyl (C=O) groups is 1. The molecule has 1 rings (SSSR count). The van der Waals surface area contributed by atoms with Gasteiger partial charge in [-0.1, -0.05) is 30.7 Å². The quantitative estimate of drug-likeness (QED) is 0.328. The summed E-state index contributed by atoms with van der Waals surface area (Å²) in [6, 6.07) is 0. The van der Waals surface area contributed by atoms with E-state index in [0.717, 1.165) is 24.0 Å². The van der Waals surface area contributed by atoms with Gasteiger partial charge >= 0.3 is 0 Å². The highest BCUT2D eigenvalue weighted by Crippen LogP contribution is 2.14. The summed E-state index contributed by atoms with van der Waals surface area (Å²) in [5, 5.41) is 3.14. The van der Waals surface area contributed by atoms with E-state index in [1.165, 1.54) is 18.1 Å². The Balaban J connectivity index is 2.64. The summed E-state index contributed by atoms with van der Waals surface area (Å²) in [5.41, 5.74) is 2.94. The molecule has 1 aliphatic rings. The lowest BCUT2D eigenvalue weighted by molar-refractivity contribution is -0.111. The summed E-state index contributed by atoms with van der Waals surface area (Å²) in [7, 11) is 2.74. The predicted molar refractivity (Wildman–Crippen MR) is 92.5 cm³/mol. The number of allylic oxidation sites excluding steroid dienone is 4. The second-order valence-corrected chi connectivity index (χ2v) is 5.88. The van der Waals surface area contributed by atoms with Crippen molar-refractivity contribution in [2.75, 3.05) is 18.5 Å². The Morgan fingerprint density at radius 2 is 2.35 bits per heavy atom. The molecule has 1 atom stereocenters. The van der Waals surface area contributed by atoms with E-state index in [1.54, 1.807) is 11.9 Å². The van der Waals surface area contributed by atoms with E-state index in [2.05, 4.69) is 44.9 Å². The predicted octanol–water partition coefficient (Wildman–Crippen LogP) is 2.95. The molecule has 0 saturated carbocycles. The molecule has 0 radical (unpaired) electrons. The number of hydrogen-bond acceptors (Lipinski definition) is 4. The molecule has 0 aromatic heterocycles. The van der Waals surface area contributed by atoms with E-state index in [1.807, 2.05) is 6.08 Å². The number of ketones is 1. The smallest absolute Gasteiger partial charge is 0.200 e. The van der Waals surface area contributed by atoms with Gasteiger partial charge < -0.3 is 10.0 Å². The van der Waals surface area contributed by atoms with Crippen LogP contribution >= 0.6 is 21.2 Å². The molecule has 1 aliphatic heterocycles. The standard InChI is InChI=1S/C15H23N2OPS/c1-3-15(18)14-7-4-6-12(2)13(8-9-16-14)17-20-11-5-10-19/h3,6-8,16-17H,1,4-5,9-11,19H2,2H3/b12-6-,13-8+,14-7-. The molecule has 0 aromatic rings. The first-order valence-electron chi connectivity index (χ1n) is 6.75. The van der Waals surface area contributed by atoms with Crippen LogP contribution in [0.4, 0.5) is 0 Å². The fourth-order valence-corrected chi connectivity index (χ4v) is 2.98. The van der Waals surface area contributed by atoms with Crippen LogP contribution in [0.2, 0.25) is 0 Å². The van der Waals surface area contributed by atoms with Crippen molar-refractivity contribution in [1.29, 1.82) is 0 Å². The van der Waals surface area contributed by atoms with Crippen molar-refractivity contribution in [3.63, 3.8) is 0 Å². The second kappa shape index (κ2) is 9.84. The third-order valence-corrected chi connectivity index (χ3v) is 4.12. The van der Waals surface area contributed by atoms with Gasteiger partial charge in [-0.05, 0) is 43.7 Å². The Labute approximate surface area is 128 Å². The Kier molecular flexibility index (Phi) is 8.40. The molecule has 0 fully saturated rings. The maximum atomic E-state index is 11.6. The zero-order chi connectivity index (χ0) is 14.8. The summed E-state index contributed by atoms with van der Waals surface area (Å²) in [4.78, 5) is 11.6. The van der Waals surface area contributed by atoms with Crippen molar-refractivity contribution >= 4 is 27.0 Å². The van der Waals surface area contributed by atoms with Crippen molar-refractivity contribution in [2.45, 2.75) is 19.8 Å².